The van der Waals surface area contributed by atoms with Crippen molar-refractivity contribution in [2.24, 2.45) is 23.2 Å². The lowest BCUT2D eigenvalue weighted by Crippen LogP contribution is -2.58. The average Bonchev–Trinajstić information content (AvgIpc) is 2.71. The normalized spacial score (nSPS) is 44.7. The van der Waals surface area contributed by atoms with Crippen LogP contribution in [0.2, 0.25) is 0 Å². The Morgan fingerprint density at radius 3 is 1.90 bits per heavy atom. The number of rotatable bonds is 4. The zero-order chi connectivity index (χ0) is 14.3. The third-order valence-electron chi connectivity index (χ3n) is 7.31. The van der Waals surface area contributed by atoms with Gasteiger partial charge in [-0.3, -0.25) is 0 Å². The van der Waals surface area contributed by atoms with Gasteiger partial charge in [0.25, 0.3) is 0 Å². The van der Waals surface area contributed by atoms with Gasteiger partial charge in [0.05, 0.1) is 0 Å². The Bertz CT molecular complexity index is 321. The topological polar surface area (TPSA) is 15.3 Å². The van der Waals surface area contributed by atoms with Crippen LogP contribution in [0.15, 0.2) is 0 Å². The number of nitrogens with one attached hydrogen (secondary N) is 1. The van der Waals surface area contributed by atoms with E-state index in [1.807, 2.05) is 0 Å². The summed E-state index contributed by atoms with van der Waals surface area (Å²) in [5.41, 5.74) is 0.663. The summed E-state index contributed by atoms with van der Waals surface area (Å²) in [5, 5.41) is 3.79. The van der Waals surface area contributed by atoms with E-state index in [0.717, 1.165) is 23.8 Å². The molecule has 0 spiro atoms. The number of hydrogen-bond acceptors (Lipinski definition) is 2. The monoisotopic (exact) mass is 290 g/mol. The fraction of sp³-hybridized carbons (Fsp3) is 1.00. The highest BCUT2D eigenvalue weighted by Gasteiger charge is 2.53. The molecule has 1 N–H and O–H groups in total. The van der Waals surface area contributed by atoms with Gasteiger partial charge >= 0.3 is 0 Å². The Morgan fingerprint density at radius 2 is 1.43 bits per heavy atom. The van der Waals surface area contributed by atoms with E-state index in [9.17, 15) is 0 Å². The molecule has 2 heteroatoms. The van der Waals surface area contributed by atoms with Crippen LogP contribution in [0.3, 0.4) is 0 Å². The summed E-state index contributed by atoms with van der Waals surface area (Å²) in [5.74, 6) is 3.24. The van der Waals surface area contributed by atoms with E-state index in [1.54, 1.807) is 38.5 Å². The van der Waals surface area contributed by atoms with Gasteiger partial charge in [0, 0.05) is 12.6 Å². The smallest absolute Gasteiger partial charge is 0.0248 e. The molecule has 2 nitrogen and oxygen atoms in total. The first kappa shape index (κ1) is 14.5. The van der Waals surface area contributed by atoms with Crippen LogP contribution in [0.1, 0.15) is 64.2 Å². The van der Waals surface area contributed by atoms with Crippen molar-refractivity contribution in [1.29, 1.82) is 0 Å². The zero-order valence-electron chi connectivity index (χ0n) is 13.9. The number of nitrogens with zero attached hydrogens (tertiary/aromatic N) is 1. The first-order chi connectivity index (χ1) is 10.3. The molecular weight excluding hydrogens is 256 g/mol. The van der Waals surface area contributed by atoms with Crippen molar-refractivity contribution in [3.8, 4) is 0 Å². The van der Waals surface area contributed by atoms with E-state index in [4.69, 9.17) is 0 Å². The molecular formula is C19H34N2. The Labute approximate surface area is 131 Å². The van der Waals surface area contributed by atoms with E-state index in [2.05, 4.69) is 17.3 Å². The average molecular weight is 290 g/mol. The van der Waals surface area contributed by atoms with Crippen molar-refractivity contribution in [1.82, 2.24) is 10.2 Å². The first-order valence-corrected chi connectivity index (χ1v) is 9.67. The molecule has 4 saturated carbocycles. The van der Waals surface area contributed by atoms with Crippen molar-refractivity contribution >= 4 is 0 Å². The van der Waals surface area contributed by atoms with Crippen LogP contribution in [-0.4, -0.2) is 37.6 Å². The van der Waals surface area contributed by atoms with E-state index >= 15 is 0 Å². The fourth-order valence-corrected chi connectivity index (χ4v) is 6.77. The lowest BCUT2D eigenvalue weighted by atomic mass is 9.47. The van der Waals surface area contributed by atoms with Gasteiger partial charge in [0.15, 0.2) is 0 Å². The SMILES string of the molecule is CNC(CN1CCCCCC1)C12CC3CC(CC(C3)C1)C2. The minimum Gasteiger partial charge on any atom is -0.315 e. The van der Waals surface area contributed by atoms with Crippen LogP contribution in [0.5, 0.6) is 0 Å². The second kappa shape index (κ2) is 5.85. The number of hydrogen-bond donors (Lipinski definition) is 1. The Hall–Kier alpha value is -0.0800. The maximum atomic E-state index is 3.79. The summed E-state index contributed by atoms with van der Waals surface area (Å²) >= 11 is 0. The van der Waals surface area contributed by atoms with Gasteiger partial charge < -0.3 is 10.2 Å². The summed E-state index contributed by atoms with van der Waals surface area (Å²) < 4.78 is 0. The van der Waals surface area contributed by atoms with Crippen molar-refractivity contribution < 1.29 is 0 Å². The summed E-state index contributed by atoms with van der Waals surface area (Å²) in [4.78, 5) is 2.78. The Kier molecular flexibility index (Phi) is 4.04. The molecule has 0 radical (unpaired) electrons. The summed E-state index contributed by atoms with van der Waals surface area (Å²) in [6.45, 7) is 4.03. The predicted molar refractivity (Wildman–Crippen MR) is 88.4 cm³/mol. The highest BCUT2D eigenvalue weighted by Crippen LogP contribution is 2.61. The highest BCUT2D eigenvalue weighted by molar-refractivity contribution is 5.06. The van der Waals surface area contributed by atoms with Crippen molar-refractivity contribution in [2.45, 2.75) is 70.3 Å². The lowest BCUT2D eigenvalue weighted by Gasteiger charge is -2.60. The maximum absolute atomic E-state index is 3.79. The Morgan fingerprint density at radius 1 is 0.905 bits per heavy atom. The van der Waals surface area contributed by atoms with E-state index in [-0.39, 0.29) is 0 Å². The third kappa shape index (κ3) is 2.79. The molecule has 5 rings (SSSR count). The zero-order valence-corrected chi connectivity index (χ0v) is 13.9. The van der Waals surface area contributed by atoms with Crippen LogP contribution in [0.25, 0.3) is 0 Å². The van der Waals surface area contributed by atoms with Crippen LogP contribution >= 0.6 is 0 Å². The van der Waals surface area contributed by atoms with Crippen LogP contribution in [0.4, 0.5) is 0 Å². The number of likely N-dealkylation sites (tertiary alicyclic amines) is 1. The molecule has 120 valence electrons. The standard InChI is InChI=1S/C19H34N2/c1-20-18(14-21-6-4-2-3-5-7-21)19-11-15-8-16(12-19)10-17(9-15)13-19/h15-18,20H,2-14H2,1H3. The molecule has 0 aromatic heterocycles. The molecule has 0 amide bonds. The first-order valence-electron chi connectivity index (χ1n) is 9.67. The van der Waals surface area contributed by atoms with Gasteiger partial charge in [-0.1, -0.05) is 12.8 Å². The van der Waals surface area contributed by atoms with Crippen LogP contribution in [-0.2, 0) is 0 Å². The molecule has 0 aromatic carbocycles. The molecule has 1 saturated heterocycles. The van der Waals surface area contributed by atoms with Gasteiger partial charge in [-0.2, -0.15) is 0 Å². The minimum absolute atomic E-state index is 0.663. The van der Waals surface area contributed by atoms with Crippen molar-refractivity contribution in [3.63, 3.8) is 0 Å². The minimum atomic E-state index is 0.663. The molecule has 4 bridgehead atoms. The van der Waals surface area contributed by atoms with Crippen LogP contribution < -0.4 is 5.32 Å². The molecule has 1 atom stereocenters. The van der Waals surface area contributed by atoms with Gasteiger partial charge in [-0.05, 0) is 94.7 Å². The van der Waals surface area contributed by atoms with Gasteiger partial charge in [0.2, 0.25) is 0 Å². The third-order valence-corrected chi connectivity index (χ3v) is 7.31. The molecule has 1 aliphatic heterocycles. The van der Waals surface area contributed by atoms with Gasteiger partial charge in [-0.25, -0.2) is 0 Å². The molecule has 21 heavy (non-hydrogen) atoms. The fourth-order valence-electron chi connectivity index (χ4n) is 6.77. The van der Waals surface area contributed by atoms with E-state index in [1.165, 1.54) is 45.3 Å². The maximum Gasteiger partial charge on any atom is 0.0248 e. The molecule has 5 fully saturated rings. The largest absolute Gasteiger partial charge is 0.315 e. The molecule has 1 heterocycles. The molecule has 0 aromatic rings. The summed E-state index contributed by atoms with van der Waals surface area (Å²) in [6.07, 6.45) is 15.1. The van der Waals surface area contributed by atoms with Gasteiger partial charge in [-0.15, -0.1) is 0 Å². The van der Waals surface area contributed by atoms with Gasteiger partial charge in [0.1, 0.15) is 0 Å². The summed E-state index contributed by atoms with van der Waals surface area (Å²) in [6, 6.07) is 0.754. The molecule has 4 aliphatic carbocycles. The van der Waals surface area contributed by atoms with Crippen molar-refractivity contribution in [3.05, 3.63) is 0 Å². The van der Waals surface area contributed by atoms with E-state index < -0.39 is 0 Å². The second-order valence-electron chi connectivity index (χ2n) is 8.84. The second-order valence-corrected chi connectivity index (χ2v) is 8.84. The quantitative estimate of drug-likeness (QED) is 0.850. The molecule has 5 aliphatic rings. The summed E-state index contributed by atoms with van der Waals surface area (Å²) in [7, 11) is 2.24. The van der Waals surface area contributed by atoms with E-state index in [0.29, 0.717) is 5.41 Å². The van der Waals surface area contributed by atoms with Crippen molar-refractivity contribution in [2.75, 3.05) is 26.7 Å². The predicted octanol–water partition coefficient (Wildman–Crippen LogP) is 3.67. The van der Waals surface area contributed by atoms with Crippen LogP contribution in [0, 0.1) is 23.2 Å². The number of likely N-dealkylation sites (N-methyl/N-ethyl adjacent to an activating group) is 1. The molecule has 1 unspecified atom stereocenters. The Balaban J connectivity index is 1.47. The highest BCUT2D eigenvalue weighted by atomic mass is 15.2. The lowest BCUT2D eigenvalue weighted by molar-refractivity contribution is -0.0774.